The third kappa shape index (κ3) is 3.96. The molecule has 0 aliphatic carbocycles. The van der Waals surface area contributed by atoms with E-state index in [1.54, 1.807) is 30.5 Å². The molecule has 0 atom stereocenters. The number of benzene rings is 2. The van der Waals surface area contributed by atoms with Crippen LogP contribution in [0.3, 0.4) is 0 Å². The summed E-state index contributed by atoms with van der Waals surface area (Å²) in [4.78, 5) is 15.4. The highest BCUT2D eigenvalue weighted by Crippen LogP contribution is 2.26. The van der Waals surface area contributed by atoms with Gasteiger partial charge in [-0.25, -0.2) is 13.9 Å². The van der Waals surface area contributed by atoms with Crippen LogP contribution in [0.5, 0.6) is 0 Å². The van der Waals surface area contributed by atoms with Crippen molar-refractivity contribution < 1.29 is 8.42 Å². The smallest absolute Gasteiger partial charge is 0.287 e. The van der Waals surface area contributed by atoms with Gasteiger partial charge in [0.2, 0.25) is 5.95 Å². The molecule has 2 N–H and O–H groups in total. The number of fused-ring (bicyclic) bond motifs is 2. The van der Waals surface area contributed by atoms with Crippen molar-refractivity contribution >= 4 is 49.2 Å². The van der Waals surface area contributed by atoms with Crippen LogP contribution in [0.1, 0.15) is 0 Å². The average molecular weight is 486 g/mol. The molecule has 3 aromatic heterocycles. The van der Waals surface area contributed by atoms with E-state index in [1.807, 2.05) is 24.3 Å². The Hall–Kier alpha value is -4.02. The molecule has 1 aliphatic rings. The van der Waals surface area contributed by atoms with Gasteiger partial charge in [0.1, 0.15) is 0 Å². The first-order valence-electron chi connectivity index (χ1n) is 11.4. The lowest BCUT2D eigenvalue weighted by molar-refractivity contribution is 0.586. The number of nitrogens with one attached hydrogen (secondary N) is 2. The molecule has 0 spiro atoms. The summed E-state index contributed by atoms with van der Waals surface area (Å²) >= 11 is 0. The van der Waals surface area contributed by atoms with Crippen LogP contribution in [0.2, 0.25) is 0 Å². The third-order valence-corrected chi connectivity index (χ3v) is 7.77. The molecule has 0 amide bonds. The Balaban J connectivity index is 1.33. The Kier molecular flexibility index (Phi) is 5.31. The van der Waals surface area contributed by atoms with Crippen molar-refractivity contribution in [3.63, 3.8) is 0 Å². The van der Waals surface area contributed by atoms with Crippen molar-refractivity contribution in [1.29, 1.82) is 0 Å². The van der Waals surface area contributed by atoms with Gasteiger partial charge in [-0.05, 0) is 41.8 Å². The van der Waals surface area contributed by atoms with Crippen molar-refractivity contribution in [3.8, 4) is 0 Å². The van der Waals surface area contributed by atoms with Gasteiger partial charge in [-0.1, -0.05) is 24.3 Å². The molecule has 0 saturated carbocycles. The number of hydrogen-bond donors (Lipinski definition) is 2. The van der Waals surface area contributed by atoms with E-state index in [-0.39, 0.29) is 10.7 Å². The molecule has 1 saturated heterocycles. The van der Waals surface area contributed by atoms with Crippen LogP contribution in [-0.4, -0.2) is 53.5 Å². The fourth-order valence-corrected chi connectivity index (χ4v) is 5.79. The maximum absolute atomic E-state index is 13.6. The Morgan fingerprint density at radius 2 is 1.69 bits per heavy atom. The highest BCUT2D eigenvalue weighted by molar-refractivity contribution is 7.90. The van der Waals surface area contributed by atoms with E-state index < -0.39 is 10.0 Å². The second kappa shape index (κ2) is 8.64. The normalized spacial score (nSPS) is 14.5. The highest BCUT2D eigenvalue weighted by Gasteiger charge is 2.24. The second-order valence-corrected chi connectivity index (χ2v) is 10.1. The standard InChI is InChI=1S/C25H23N7O2S/c33-35(34,24-22-4-2-1-3-18(22)9-11-27-24)32-14-10-19-17-28-25(30-23(19)32)29-20-5-7-21(8-6-20)31-15-12-26-13-16-31/h1-11,14,17,26H,12-13,15-16H2,(H,28,29,30). The number of nitrogens with zero attached hydrogens (tertiary/aromatic N) is 5. The summed E-state index contributed by atoms with van der Waals surface area (Å²) in [5.74, 6) is 0.313. The van der Waals surface area contributed by atoms with Crippen LogP contribution < -0.4 is 15.5 Å². The first-order chi connectivity index (χ1) is 17.1. The molecular weight excluding hydrogens is 462 g/mol. The van der Waals surface area contributed by atoms with E-state index in [2.05, 4.69) is 42.6 Å². The van der Waals surface area contributed by atoms with E-state index in [9.17, 15) is 8.42 Å². The molecule has 0 radical (unpaired) electrons. The van der Waals surface area contributed by atoms with Crippen LogP contribution >= 0.6 is 0 Å². The topological polar surface area (TPSA) is 105 Å². The molecule has 176 valence electrons. The van der Waals surface area contributed by atoms with Gasteiger partial charge in [-0.2, -0.15) is 13.4 Å². The molecule has 0 bridgehead atoms. The minimum absolute atomic E-state index is 0.00952. The zero-order chi connectivity index (χ0) is 23.8. The van der Waals surface area contributed by atoms with Crippen molar-refractivity contribution in [1.82, 2.24) is 24.2 Å². The van der Waals surface area contributed by atoms with Crippen molar-refractivity contribution in [3.05, 3.63) is 79.3 Å². The summed E-state index contributed by atoms with van der Waals surface area (Å²) in [7, 11) is -3.98. The monoisotopic (exact) mass is 485 g/mol. The summed E-state index contributed by atoms with van der Waals surface area (Å²) in [5.41, 5.74) is 2.27. The lowest BCUT2D eigenvalue weighted by atomic mass is 10.2. The van der Waals surface area contributed by atoms with Gasteiger partial charge in [-0.15, -0.1) is 0 Å². The number of anilines is 3. The van der Waals surface area contributed by atoms with E-state index >= 15 is 0 Å². The Labute approximate surface area is 202 Å². The number of aromatic nitrogens is 4. The summed E-state index contributed by atoms with van der Waals surface area (Å²) in [6, 6.07) is 18.8. The molecule has 5 aromatic rings. The first-order valence-corrected chi connectivity index (χ1v) is 12.8. The lowest BCUT2D eigenvalue weighted by Crippen LogP contribution is -2.43. The molecule has 4 heterocycles. The zero-order valence-corrected chi connectivity index (χ0v) is 19.6. The number of piperazine rings is 1. The minimum Gasteiger partial charge on any atom is -0.369 e. The van der Waals surface area contributed by atoms with Gasteiger partial charge in [-0.3, -0.25) is 0 Å². The van der Waals surface area contributed by atoms with E-state index in [0.717, 1.165) is 46.9 Å². The van der Waals surface area contributed by atoms with Crippen LogP contribution in [0.25, 0.3) is 21.8 Å². The molecule has 6 rings (SSSR count). The van der Waals surface area contributed by atoms with E-state index in [4.69, 9.17) is 0 Å². The number of pyridine rings is 1. The predicted molar refractivity (Wildman–Crippen MR) is 137 cm³/mol. The zero-order valence-electron chi connectivity index (χ0n) is 18.8. The SMILES string of the molecule is O=S(=O)(c1nccc2ccccc12)n1ccc2cnc(Nc3ccc(N4CCNCC4)cc3)nc21. The van der Waals surface area contributed by atoms with E-state index in [0.29, 0.717) is 16.7 Å². The van der Waals surface area contributed by atoms with Gasteiger partial charge < -0.3 is 15.5 Å². The van der Waals surface area contributed by atoms with Gasteiger partial charge in [0, 0.05) is 66.9 Å². The van der Waals surface area contributed by atoms with Crippen LogP contribution in [-0.2, 0) is 10.0 Å². The lowest BCUT2D eigenvalue weighted by Gasteiger charge is -2.29. The average Bonchev–Trinajstić information content (AvgIpc) is 3.33. The highest BCUT2D eigenvalue weighted by atomic mass is 32.2. The predicted octanol–water partition coefficient (Wildman–Crippen LogP) is 3.37. The van der Waals surface area contributed by atoms with Gasteiger partial charge in [0.05, 0.1) is 0 Å². The van der Waals surface area contributed by atoms with Crippen molar-refractivity contribution in [2.45, 2.75) is 5.03 Å². The molecule has 2 aromatic carbocycles. The molecule has 1 fully saturated rings. The molecule has 0 unspecified atom stereocenters. The maximum atomic E-state index is 13.6. The Bertz CT molecular complexity index is 1620. The second-order valence-electron chi connectivity index (χ2n) is 8.34. The van der Waals surface area contributed by atoms with E-state index in [1.165, 1.54) is 12.4 Å². The quantitative estimate of drug-likeness (QED) is 0.390. The number of rotatable bonds is 5. The Morgan fingerprint density at radius 3 is 2.51 bits per heavy atom. The molecule has 9 nitrogen and oxygen atoms in total. The molecule has 1 aliphatic heterocycles. The first kappa shape index (κ1) is 21.5. The summed E-state index contributed by atoms with van der Waals surface area (Å²) in [6.07, 6.45) is 4.61. The maximum Gasteiger partial charge on any atom is 0.287 e. The minimum atomic E-state index is -3.98. The third-order valence-electron chi connectivity index (χ3n) is 6.14. The van der Waals surface area contributed by atoms with Crippen LogP contribution in [0.4, 0.5) is 17.3 Å². The summed E-state index contributed by atoms with van der Waals surface area (Å²) in [6.45, 7) is 3.91. The Morgan fingerprint density at radius 1 is 0.886 bits per heavy atom. The fourth-order valence-electron chi connectivity index (χ4n) is 4.35. The fraction of sp³-hybridized carbons (Fsp3) is 0.160. The largest absolute Gasteiger partial charge is 0.369 e. The molecule has 35 heavy (non-hydrogen) atoms. The summed E-state index contributed by atoms with van der Waals surface area (Å²) in [5, 5.41) is 8.52. The molecule has 10 heteroatoms. The van der Waals surface area contributed by atoms with Crippen molar-refractivity contribution in [2.24, 2.45) is 0 Å². The van der Waals surface area contributed by atoms with Crippen LogP contribution in [0.15, 0.2) is 84.3 Å². The van der Waals surface area contributed by atoms with Crippen LogP contribution in [0, 0.1) is 0 Å². The molecular formula is C25H23N7O2S. The van der Waals surface area contributed by atoms with Gasteiger partial charge in [0.15, 0.2) is 10.7 Å². The van der Waals surface area contributed by atoms with Gasteiger partial charge in [0.25, 0.3) is 10.0 Å². The summed E-state index contributed by atoms with van der Waals surface area (Å²) < 4.78 is 28.3. The number of hydrogen-bond acceptors (Lipinski definition) is 8. The van der Waals surface area contributed by atoms with Gasteiger partial charge >= 0.3 is 0 Å². The van der Waals surface area contributed by atoms with Crippen molar-refractivity contribution in [2.75, 3.05) is 36.4 Å².